The molecule has 0 radical (unpaired) electrons. The summed E-state index contributed by atoms with van der Waals surface area (Å²) in [5.41, 5.74) is 1.64. The van der Waals surface area contributed by atoms with Crippen molar-refractivity contribution in [2.24, 2.45) is 0 Å². The highest BCUT2D eigenvalue weighted by atomic mass is 16.1. The minimum absolute atomic E-state index is 0.000746. The molecule has 0 amide bonds. The van der Waals surface area contributed by atoms with E-state index in [1.165, 1.54) is 5.39 Å². The lowest BCUT2D eigenvalue weighted by Crippen LogP contribution is -1.96. The Bertz CT molecular complexity index is 1060. The van der Waals surface area contributed by atoms with Crippen LogP contribution in [-0.4, -0.2) is 10.8 Å². The van der Waals surface area contributed by atoms with E-state index in [4.69, 9.17) is 0 Å². The predicted molar refractivity (Wildman–Crippen MR) is 99.1 cm³/mol. The summed E-state index contributed by atoms with van der Waals surface area (Å²) in [7, 11) is 0. The van der Waals surface area contributed by atoms with Crippen LogP contribution >= 0.6 is 0 Å². The Labute approximate surface area is 140 Å². The van der Waals surface area contributed by atoms with Gasteiger partial charge in [0.1, 0.15) is 0 Å². The highest BCUT2D eigenvalue weighted by Gasteiger charge is 2.10. The van der Waals surface area contributed by atoms with Crippen LogP contribution in [0, 0.1) is 0 Å². The second-order valence-corrected chi connectivity index (χ2v) is 5.67. The standard InChI is InChI=1S/C22H15NO/c24-22(12-11-16-6-5-13-23-15-16)21-14-17-7-1-2-8-18(17)19-9-3-4-10-20(19)21/h1-15H. The van der Waals surface area contributed by atoms with Crippen LogP contribution in [0.25, 0.3) is 27.6 Å². The molecule has 114 valence electrons. The molecule has 0 atom stereocenters. The van der Waals surface area contributed by atoms with Crippen molar-refractivity contribution in [1.82, 2.24) is 4.98 Å². The largest absolute Gasteiger partial charge is 0.289 e. The van der Waals surface area contributed by atoms with Crippen molar-refractivity contribution in [1.29, 1.82) is 0 Å². The summed E-state index contributed by atoms with van der Waals surface area (Å²) in [6.07, 6.45) is 6.88. The van der Waals surface area contributed by atoms with E-state index in [2.05, 4.69) is 17.1 Å². The fourth-order valence-electron chi connectivity index (χ4n) is 2.99. The van der Waals surface area contributed by atoms with Gasteiger partial charge in [0.2, 0.25) is 0 Å². The number of hydrogen-bond donors (Lipinski definition) is 0. The zero-order valence-corrected chi connectivity index (χ0v) is 13.0. The lowest BCUT2D eigenvalue weighted by atomic mass is 9.95. The summed E-state index contributed by atoms with van der Waals surface area (Å²) in [4.78, 5) is 16.8. The Morgan fingerprint density at radius 3 is 2.38 bits per heavy atom. The average Bonchev–Trinajstić information content (AvgIpc) is 2.66. The van der Waals surface area contributed by atoms with Crippen LogP contribution < -0.4 is 0 Å². The van der Waals surface area contributed by atoms with Crippen LogP contribution in [0.3, 0.4) is 0 Å². The van der Waals surface area contributed by atoms with E-state index in [-0.39, 0.29) is 5.78 Å². The molecular formula is C22H15NO. The maximum absolute atomic E-state index is 12.8. The zero-order chi connectivity index (χ0) is 16.4. The molecule has 24 heavy (non-hydrogen) atoms. The van der Waals surface area contributed by atoms with Gasteiger partial charge in [-0.3, -0.25) is 9.78 Å². The number of benzene rings is 3. The number of allylic oxidation sites excluding steroid dienone is 1. The average molecular weight is 309 g/mol. The predicted octanol–water partition coefficient (Wildman–Crippen LogP) is 5.28. The van der Waals surface area contributed by atoms with Crippen molar-refractivity contribution in [2.75, 3.05) is 0 Å². The quantitative estimate of drug-likeness (QED) is 0.292. The Morgan fingerprint density at radius 2 is 1.58 bits per heavy atom. The van der Waals surface area contributed by atoms with E-state index >= 15 is 0 Å². The Hall–Kier alpha value is -3.26. The number of hydrogen-bond acceptors (Lipinski definition) is 2. The summed E-state index contributed by atoms with van der Waals surface area (Å²) in [6.45, 7) is 0. The Balaban J connectivity index is 1.86. The number of carbonyl (C=O) groups is 1. The number of rotatable bonds is 3. The molecule has 0 aliphatic rings. The zero-order valence-electron chi connectivity index (χ0n) is 13.0. The Kier molecular flexibility index (Phi) is 3.64. The molecule has 3 aromatic carbocycles. The van der Waals surface area contributed by atoms with Crippen LogP contribution in [-0.2, 0) is 0 Å². The fraction of sp³-hybridized carbons (Fsp3) is 0. The third-order valence-corrected chi connectivity index (χ3v) is 4.15. The van der Waals surface area contributed by atoms with E-state index in [1.54, 1.807) is 24.5 Å². The van der Waals surface area contributed by atoms with E-state index in [0.717, 1.165) is 27.3 Å². The molecule has 0 fully saturated rings. The molecule has 0 saturated carbocycles. The van der Waals surface area contributed by atoms with E-state index in [9.17, 15) is 4.79 Å². The van der Waals surface area contributed by atoms with Gasteiger partial charge in [-0.1, -0.05) is 54.6 Å². The molecule has 0 saturated heterocycles. The van der Waals surface area contributed by atoms with Crippen LogP contribution in [0.4, 0.5) is 0 Å². The highest BCUT2D eigenvalue weighted by Crippen LogP contribution is 2.29. The van der Waals surface area contributed by atoms with Gasteiger partial charge in [0.25, 0.3) is 0 Å². The second kappa shape index (κ2) is 6.09. The molecule has 0 bridgehead atoms. The molecule has 2 heteroatoms. The smallest absolute Gasteiger partial charge is 0.186 e. The molecule has 1 aromatic heterocycles. The first-order valence-corrected chi connectivity index (χ1v) is 7.86. The van der Waals surface area contributed by atoms with E-state index in [0.29, 0.717) is 0 Å². The topological polar surface area (TPSA) is 30.0 Å². The van der Waals surface area contributed by atoms with Gasteiger partial charge >= 0.3 is 0 Å². The van der Waals surface area contributed by atoms with Crippen LogP contribution in [0.1, 0.15) is 15.9 Å². The van der Waals surface area contributed by atoms with Crippen LogP contribution in [0.2, 0.25) is 0 Å². The normalized spacial score (nSPS) is 11.3. The van der Waals surface area contributed by atoms with Crippen molar-refractivity contribution < 1.29 is 4.79 Å². The van der Waals surface area contributed by atoms with Gasteiger partial charge in [0, 0.05) is 18.0 Å². The minimum atomic E-state index is 0.000746. The van der Waals surface area contributed by atoms with Gasteiger partial charge < -0.3 is 0 Å². The van der Waals surface area contributed by atoms with Crippen LogP contribution in [0.5, 0.6) is 0 Å². The summed E-state index contributed by atoms with van der Waals surface area (Å²) in [5, 5.41) is 4.33. The molecule has 4 aromatic rings. The molecule has 4 rings (SSSR count). The van der Waals surface area contributed by atoms with Gasteiger partial charge in [-0.2, -0.15) is 0 Å². The SMILES string of the molecule is O=C(C=Cc1cccnc1)c1cc2ccccc2c2ccccc12. The van der Waals surface area contributed by atoms with Gasteiger partial charge in [0.05, 0.1) is 0 Å². The first kappa shape index (κ1) is 14.3. The molecule has 1 heterocycles. The number of carbonyl (C=O) groups excluding carboxylic acids is 1. The van der Waals surface area contributed by atoms with Gasteiger partial charge in [-0.15, -0.1) is 0 Å². The number of aromatic nitrogens is 1. The summed E-state index contributed by atoms with van der Waals surface area (Å²) in [6, 6.07) is 22.0. The number of ketones is 1. The molecule has 0 unspecified atom stereocenters. The van der Waals surface area contributed by atoms with Crippen molar-refractivity contribution in [3.63, 3.8) is 0 Å². The van der Waals surface area contributed by atoms with Crippen molar-refractivity contribution in [3.05, 3.63) is 96.3 Å². The molecule has 2 nitrogen and oxygen atoms in total. The fourth-order valence-corrected chi connectivity index (χ4v) is 2.99. The molecule has 0 N–H and O–H groups in total. The van der Waals surface area contributed by atoms with Crippen molar-refractivity contribution in [3.8, 4) is 0 Å². The van der Waals surface area contributed by atoms with Gasteiger partial charge in [0.15, 0.2) is 5.78 Å². The second-order valence-electron chi connectivity index (χ2n) is 5.67. The highest BCUT2D eigenvalue weighted by molar-refractivity contribution is 6.21. The summed E-state index contributed by atoms with van der Waals surface area (Å²) >= 11 is 0. The Morgan fingerprint density at radius 1 is 0.833 bits per heavy atom. The summed E-state index contributed by atoms with van der Waals surface area (Å²) in [5.74, 6) is 0.000746. The summed E-state index contributed by atoms with van der Waals surface area (Å²) < 4.78 is 0. The molecule has 0 aliphatic carbocycles. The minimum Gasteiger partial charge on any atom is -0.289 e. The third kappa shape index (κ3) is 2.59. The number of nitrogens with zero attached hydrogens (tertiary/aromatic N) is 1. The first-order valence-electron chi connectivity index (χ1n) is 7.86. The van der Waals surface area contributed by atoms with Gasteiger partial charge in [-0.05, 0) is 51.4 Å². The molecule has 0 aliphatic heterocycles. The maximum Gasteiger partial charge on any atom is 0.186 e. The monoisotopic (exact) mass is 309 g/mol. The maximum atomic E-state index is 12.8. The first-order chi connectivity index (χ1) is 11.8. The molecular weight excluding hydrogens is 294 g/mol. The number of pyridine rings is 1. The van der Waals surface area contributed by atoms with Gasteiger partial charge in [-0.25, -0.2) is 0 Å². The van der Waals surface area contributed by atoms with Crippen molar-refractivity contribution in [2.45, 2.75) is 0 Å². The molecule has 0 spiro atoms. The van der Waals surface area contributed by atoms with E-state index in [1.807, 2.05) is 54.6 Å². The lowest BCUT2D eigenvalue weighted by molar-refractivity contribution is 0.104. The number of fused-ring (bicyclic) bond motifs is 3. The third-order valence-electron chi connectivity index (χ3n) is 4.15. The lowest BCUT2D eigenvalue weighted by Gasteiger charge is -2.08. The van der Waals surface area contributed by atoms with Crippen LogP contribution in [0.15, 0.2) is 85.2 Å². The van der Waals surface area contributed by atoms with E-state index < -0.39 is 0 Å². The van der Waals surface area contributed by atoms with Crippen molar-refractivity contribution >= 4 is 33.4 Å².